The average Bonchev–Trinajstić information content (AvgIpc) is 2.01. The summed E-state index contributed by atoms with van der Waals surface area (Å²) in [6.45, 7) is 6.25. The highest BCUT2D eigenvalue weighted by molar-refractivity contribution is 7.78. The molecule has 78 valence electrons. The van der Waals surface area contributed by atoms with Crippen LogP contribution in [-0.2, 0) is 22.2 Å². The topological polar surface area (TPSA) is 40.1 Å². The molecule has 0 heterocycles. The van der Waals surface area contributed by atoms with Crippen LogP contribution in [0.5, 0.6) is 0 Å². The zero-order valence-corrected chi connectivity index (χ0v) is 9.56. The predicted octanol–water partition coefficient (Wildman–Crippen LogP) is 2.36. The molecule has 0 saturated heterocycles. The van der Waals surface area contributed by atoms with E-state index in [-0.39, 0.29) is 11.2 Å². The SMILES string of the molecule is CC(C)(C)c1ccccc1CS(=O)[O-]. The lowest BCUT2D eigenvalue weighted by Gasteiger charge is -2.23. The van der Waals surface area contributed by atoms with Gasteiger partial charge < -0.3 is 4.55 Å². The molecule has 0 aliphatic carbocycles. The van der Waals surface area contributed by atoms with Crippen LogP contribution in [0.15, 0.2) is 24.3 Å². The van der Waals surface area contributed by atoms with Gasteiger partial charge in [-0.05, 0) is 16.5 Å². The van der Waals surface area contributed by atoms with Crippen molar-refractivity contribution in [2.24, 2.45) is 0 Å². The second-order valence-corrected chi connectivity index (χ2v) is 5.25. The molecule has 1 unspecified atom stereocenters. The molecule has 0 aliphatic rings. The Bertz CT molecular complexity index is 339. The Morgan fingerprint density at radius 3 is 2.36 bits per heavy atom. The molecule has 0 aliphatic heterocycles. The van der Waals surface area contributed by atoms with Gasteiger partial charge in [-0.25, -0.2) is 0 Å². The Hall–Kier alpha value is -0.670. The first-order chi connectivity index (χ1) is 6.41. The fourth-order valence-corrected chi connectivity index (χ4v) is 2.01. The summed E-state index contributed by atoms with van der Waals surface area (Å²) in [5.74, 6) is 0.105. The van der Waals surface area contributed by atoms with Crippen LogP contribution in [0.2, 0.25) is 0 Å². The predicted molar refractivity (Wildman–Crippen MR) is 57.8 cm³/mol. The number of rotatable bonds is 2. The molecule has 1 rings (SSSR count). The zero-order valence-electron chi connectivity index (χ0n) is 8.74. The van der Waals surface area contributed by atoms with Crippen LogP contribution in [0, 0.1) is 0 Å². The van der Waals surface area contributed by atoms with E-state index in [2.05, 4.69) is 20.8 Å². The molecule has 1 aromatic carbocycles. The third-order valence-corrected chi connectivity index (χ3v) is 2.65. The summed E-state index contributed by atoms with van der Waals surface area (Å²) in [6, 6.07) is 7.67. The van der Waals surface area contributed by atoms with Crippen molar-refractivity contribution in [3.05, 3.63) is 35.4 Å². The van der Waals surface area contributed by atoms with Crippen molar-refractivity contribution in [3.63, 3.8) is 0 Å². The first-order valence-corrected chi connectivity index (χ1v) is 5.80. The van der Waals surface area contributed by atoms with Crippen molar-refractivity contribution >= 4 is 11.1 Å². The summed E-state index contributed by atoms with van der Waals surface area (Å²) >= 11 is -2.01. The third-order valence-electron chi connectivity index (χ3n) is 2.10. The molecular weight excluding hydrogens is 196 g/mol. The fourth-order valence-electron chi connectivity index (χ4n) is 1.50. The Balaban J connectivity index is 3.10. The fraction of sp³-hybridized carbons (Fsp3) is 0.455. The second-order valence-electron chi connectivity index (χ2n) is 4.36. The lowest BCUT2D eigenvalue weighted by atomic mass is 9.84. The van der Waals surface area contributed by atoms with Crippen molar-refractivity contribution in [3.8, 4) is 0 Å². The van der Waals surface area contributed by atoms with Crippen molar-refractivity contribution in [1.29, 1.82) is 0 Å². The maximum Gasteiger partial charge on any atom is 0.0356 e. The highest BCUT2D eigenvalue weighted by atomic mass is 32.2. The number of hydrogen-bond acceptors (Lipinski definition) is 2. The van der Waals surface area contributed by atoms with Gasteiger partial charge in [-0.15, -0.1) is 0 Å². The van der Waals surface area contributed by atoms with Gasteiger partial charge in [0, 0.05) is 5.75 Å². The summed E-state index contributed by atoms with van der Waals surface area (Å²) in [4.78, 5) is 0. The highest BCUT2D eigenvalue weighted by Crippen LogP contribution is 2.26. The smallest absolute Gasteiger partial charge is 0.0356 e. The van der Waals surface area contributed by atoms with Crippen LogP contribution in [0.25, 0.3) is 0 Å². The van der Waals surface area contributed by atoms with Gasteiger partial charge in [0.15, 0.2) is 0 Å². The van der Waals surface area contributed by atoms with E-state index in [1.807, 2.05) is 24.3 Å². The largest absolute Gasteiger partial charge is 0.772 e. The molecule has 14 heavy (non-hydrogen) atoms. The van der Waals surface area contributed by atoms with Crippen LogP contribution in [0.3, 0.4) is 0 Å². The van der Waals surface area contributed by atoms with Crippen molar-refractivity contribution in [1.82, 2.24) is 0 Å². The number of hydrogen-bond donors (Lipinski definition) is 0. The molecule has 1 aromatic rings. The maximum atomic E-state index is 10.6. The first kappa shape index (κ1) is 11.4. The van der Waals surface area contributed by atoms with Gasteiger partial charge in [0.05, 0.1) is 0 Å². The van der Waals surface area contributed by atoms with Gasteiger partial charge in [0.1, 0.15) is 0 Å². The van der Waals surface area contributed by atoms with Gasteiger partial charge >= 0.3 is 0 Å². The Morgan fingerprint density at radius 2 is 1.86 bits per heavy atom. The van der Waals surface area contributed by atoms with Gasteiger partial charge in [-0.3, -0.25) is 4.21 Å². The maximum absolute atomic E-state index is 10.6. The summed E-state index contributed by atoms with van der Waals surface area (Å²) in [6.07, 6.45) is 0. The second kappa shape index (κ2) is 4.24. The van der Waals surface area contributed by atoms with E-state index in [9.17, 15) is 8.76 Å². The average molecular weight is 211 g/mol. The molecule has 0 N–H and O–H groups in total. The summed E-state index contributed by atoms with van der Waals surface area (Å²) in [5.41, 5.74) is 1.99. The highest BCUT2D eigenvalue weighted by Gasteiger charge is 2.16. The Kier molecular flexibility index (Phi) is 3.45. The molecule has 1 atom stereocenters. The van der Waals surface area contributed by atoms with Crippen LogP contribution < -0.4 is 0 Å². The minimum Gasteiger partial charge on any atom is -0.772 e. The molecule has 0 radical (unpaired) electrons. The van der Waals surface area contributed by atoms with Crippen LogP contribution in [-0.4, -0.2) is 8.76 Å². The van der Waals surface area contributed by atoms with Gasteiger partial charge in [-0.1, -0.05) is 56.1 Å². The molecule has 2 nitrogen and oxygen atoms in total. The van der Waals surface area contributed by atoms with E-state index in [4.69, 9.17) is 0 Å². The molecule has 0 saturated carbocycles. The van der Waals surface area contributed by atoms with Crippen molar-refractivity contribution in [2.75, 3.05) is 0 Å². The molecular formula is C11H15O2S-. The van der Waals surface area contributed by atoms with Gasteiger partial charge in [0.2, 0.25) is 0 Å². The van der Waals surface area contributed by atoms with Crippen LogP contribution in [0.1, 0.15) is 31.9 Å². The zero-order chi connectivity index (χ0) is 10.8. The summed E-state index contributed by atoms with van der Waals surface area (Å²) in [5, 5.41) is 0. The van der Waals surface area contributed by atoms with Gasteiger partial charge in [-0.2, -0.15) is 0 Å². The molecule has 0 aromatic heterocycles. The minimum absolute atomic E-state index is 0.00400. The van der Waals surface area contributed by atoms with E-state index in [1.165, 1.54) is 0 Å². The monoisotopic (exact) mass is 211 g/mol. The Labute approximate surface area is 87.6 Å². The Morgan fingerprint density at radius 1 is 1.29 bits per heavy atom. The summed E-state index contributed by atoms with van der Waals surface area (Å²) in [7, 11) is 0. The molecule has 0 bridgehead atoms. The standard InChI is InChI=1S/C11H16O2S/c1-11(2,3)10-7-5-4-6-9(10)8-14(12)13/h4-7H,8H2,1-3H3,(H,12,13)/p-1. The normalized spacial score (nSPS) is 14.0. The first-order valence-electron chi connectivity index (χ1n) is 4.55. The van der Waals surface area contributed by atoms with E-state index in [0.29, 0.717) is 0 Å². The lowest BCUT2D eigenvalue weighted by molar-refractivity contribution is 0.534. The molecule has 0 spiro atoms. The van der Waals surface area contributed by atoms with E-state index < -0.39 is 11.1 Å². The van der Waals surface area contributed by atoms with E-state index in [0.717, 1.165) is 11.1 Å². The summed E-state index contributed by atoms with van der Waals surface area (Å²) < 4.78 is 21.3. The quantitative estimate of drug-likeness (QED) is 0.704. The molecule has 0 amide bonds. The number of benzene rings is 1. The van der Waals surface area contributed by atoms with Crippen LogP contribution in [0.4, 0.5) is 0 Å². The van der Waals surface area contributed by atoms with E-state index >= 15 is 0 Å². The lowest BCUT2D eigenvalue weighted by Crippen LogP contribution is -2.14. The van der Waals surface area contributed by atoms with Gasteiger partial charge in [0.25, 0.3) is 0 Å². The minimum atomic E-state index is -2.01. The third kappa shape index (κ3) is 2.93. The van der Waals surface area contributed by atoms with Crippen molar-refractivity contribution in [2.45, 2.75) is 31.9 Å². The van der Waals surface area contributed by atoms with Crippen LogP contribution >= 0.6 is 0 Å². The van der Waals surface area contributed by atoms with E-state index in [1.54, 1.807) is 0 Å². The molecule has 0 fully saturated rings. The molecule has 3 heteroatoms. The van der Waals surface area contributed by atoms with Crippen molar-refractivity contribution < 1.29 is 8.76 Å².